The first-order valence-corrected chi connectivity index (χ1v) is 10.7. The fourth-order valence-electron chi connectivity index (χ4n) is 3.99. The van der Waals surface area contributed by atoms with Crippen LogP contribution in [0.4, 0.5) is 26.3 Å². The molecule has 1 saturated heterocycles. The number of aryl methyl sites for hydroxylation is 2. The number of hydrogen-bond donors (Lipinski definition) is 0. The van der Waals surface area contributed by atoms with Crippen molar-refractivity contribution in [2.45, 2.75) is 38.7 Å². The quantitative estimate of drug-likeness (QED) is 0.371. The Hall–Kier alpha value is -2.58. The number of rotatable bonds is 5. The molecule has 0 spiro atoms. The van der Waals surface area contributed by atoms with Crippen LogP contribution in [0.3, 0.4) is 0 Å². The van der Waals surface area contributed by atoms with Crippen LogP contribution in [0, 0.1) is 23.4 Å². The zero-order chi connectivity index (χ0) is 23.8. The maximum Gasteiger partial charge on any atom is 0.422 e. The monoisotopic (exact) mass is 468 g/mol. The van der Waals surface area contributed by atoms with E-state index in [1.807, 2.05) is 0 Å². The van der Waals surface area contributed by atoms with Gasteiger partial charge in [0.2, 0.25) is 0 Å². The van der Waals surface area contributed by atoms with Gasteiger partial charge in [-0.2, -0.15) is 13.2 Å². The molecule has 3 aromatic rings. The second-order valence-corrected chi connectivity index (χ2v) is 8.22. The van der Waals surface area contributed by atoms with Gasteiger partial charge in [-0.05, 0) is 54.0 Å². The molecule has 0 N–H and O–H groups in total. The number of fused-ring (bicyclic) bond motifs is 1. The first-order chi connectivity index (χ1) is 15.7. The molecule has 8 heteroatoms. The molecular weight excluding hydrogens is 446 g/mol. The average molecular weight is 468 g/mol. The third kappa shape index (κ3) is 5.01. The Labute approximate surface area is 187 Å². The van der Waals surface area contributed by atoms with E-state index < -0.39 is 35.5 Å². The summed E-state index contributed by atoms with van der Waals surface area (Å²) in [6, 6.07) is 9.72. The number of benzene rings is 3. The topological polar surface area (TPSA) is 18.5 Å². The molecule has 1 fully saturated rings. The third-order valence-electron chi connectivity index (χ3n) is 5.94. The fourth-order valence-corrected chi connectivity index (χ4v) is 3.99. The van der Waals surface area contributed by atoms with Crippen LogP contribution in [-0.2, 0) is 28.5 Å². The van der Waals surface area contributed by atoms with Crippen LogP contribution in [0.5, 0.6) is 0 Å². The normalized spacial score (nSPS) is 19.2. The van der Waals surface area contributed by atoms with Crippen LogP contribution in [0.25, 0.3) is 10.8 Å². The second kappa shape index (κ2) is 9.35. The zero-order valence-electron chi connectivity index (χ0n) is 17.8. The summed E-state index contributed by atoms with van der Waals surface area (Å²) in [6.07, 6.45) is -4.62. The van der Waals surface area contributed by atoms with Gasteiger partial charge in [-0.3, -0.25) is 0 Å². The minimum Gasteiger partial charge on any atom is -0.348 e. The van der Waals surface area contributed by atoms with Gasteiger partial charge < -0.3 is 9.47 Å². The molecule has 0 aliphatic carbocycles. The largest absolute Gasteiger partial charge is 0.422 e. The minimum absolute atomic E-state index is 0.0184. The van der Waals surface area contributed by atoms with E-state index in [1.54, 1.807) is 30.3 Å². The van der Waals surface area contributed by atoms with Crippen molar-refractivity contribution in [3.63, 3.8) is 0 Å². The summed E-state index contributed by atoms with van der Waals surface area (Å²) < 4.78 is 92.4. The highest BCUT2D eigenvalue weighted by molar-refractivity contribution is 5.84. The summed E-state index contributed by atoms with van der Waals surface area (Å²) in [7, 11) is 0. The lowest BCUT2D eigenvalue weighted by Gasteiger charge is -2.29. The summed E-state index contributed by atoms with van der Waals surface area (Å²) in [5, 5.41) is 1.01. The number of ether oxygens (including phenoxy) is 2. The second-order valence-electron chi connectivity index (χ2n) is 8.22. The van der Waals surface area contributed by atoms with Crippen molar-refractivity contribution in [3.8, 4) is 0 Å². The van der Waals surface area contributed by atoms with Crippen molar-refractivity contribution in [1.29, 1.82) is 0 Å². The van der Waals surface area contributed by atoms with Crippen LogP contribution < -0.4 is 0 Å². The van der Waals surface area contributed by atoms with E-state index in [0.717, 1.165) is 12.0 Å². The number of halogens is 6. The molecule has 0 atom stereocenters. The smallest absolute Gasteiger partial charge is 0.348 e. The molecule has 176 valence electrons. The van der Waals surface area contributed by atoms with Crippen molar-refractivity contribution in [3.05, 3.63) is 82.2 Å². The van der Waals surface area contributed by atoms with Gasteiger partial charge in [-0.15, -0.1) is 0 Å². The lowest BCUT2D eigenvalue weighted by Crippen LogP contribution is -2.26. The molecule has 3 aromatic carbocycles. The highest BCUT2D eigenvalue weighted by Crippen LogP contribution is 2.34. The van der Waals surface area contributed by atoms with Gasteiger partial charge in [0.25, 0.3) is 0 Å². The van der Waals surface area contributed by atoms with Crippen molar-refractivity contribution in [1.82, 2.24) is 0 Å². The highest BCUT2D eigenvalue weighted by atomic mass is 19.4. The Balaban J connectivity index is 1.51. The zero-order valence-corrected chi connectivity index (χ0v) is 17.8. The Bertz CT molecular complexity index is 1130. The lowest BCUT2D eigenvalue weighted by molar-refractivity contribution is -0.205. The van der Waals surface area contributed by atoms with Gasteiger partial charge in [-0.25, -0.2) is 13.2 Å². The summed E-state index contributed by atoms with van der Waals surface area (Å²) in [5.41, 5.74) is -0.827. The standard InChI is InChI=1S/C25H22F6O2/c1-2-14-12-32-24(33-13-14)18-7-8-19-17(11-18)6-5-16(23(19)28)4-3-15-9-20(26)22(21(27)10-15)25(29,30)31/h5-11,14,24H,2-4,12-13H2,1H3. The van der Waals surface area contributed by atoms with E-state index in [9.17, 15) is 22.0 Å². The molecule has 1 aliphatic heterocycles. The van der Waals surface area contributed by atoms with Crippen molar-refractivity contribution in [2.75, 3.05) is 13.2 Å². The van der Waals surface area contributed by atoms with Gasteiger partial charge in [0.1, 0.15) is 23.0 Å². The number of alkyl halides is 3. The summed E-state index contributed by atoms with van der Waals surface area (Å²) in [5.74, 6) is -3.49. The van der Waals surface area contributed by atoms with E-state index >= 15 is 4.39 Å². The molecule has 0 bridgehead atoms. The van der Waals surface area contributed by atoms with Crippen LogP contribution in [0.1, 0.15) is 41.9 Å². The van der Waals surface area contributed by atoms with Crippen LogP contribution in [0.15, 0.2) is 42.5 Å². The molecule has 33 heavy (non-hydrogen) atoms. The van der Waals surface area contributed by atoms with E-state index in [1.165, 1.54) is 0 Å². The maximum absolute atomic E-state index is 15.1. The first-order valence-electron chi connectivity index (χ1n) is 10.7. The summed E-state index contributed by atoms with van der Waals surface area (Å²) in [4.78, 5) is 0. The molecule has 1 heterocycles. The molecule has 1 aliphatic rings. The van der Waals surface area contributed by atoms with E-state index in [2.05, 4.69) is 6.92 Å². The van der Waals surface area contributed by atoms with Gasteiger partial charge in [0.15, 0.2) is 6.29 Å². The Morgan fingerprint density at radius 3 is 2.15 bits per heavy atom. The van der Waals surface area contributed by atoms with Crippen molar-refractivity contribution in [2.24, 2.45) is 5.92 Å². The third-order valence-corrected chi connectivity index (χ3v) is 5.94. The molecule has 4 rings (SSSR count). The summed E-state index contributed by atoms with van der Waals surface area (Å²) >= 11 is 0. The molecule has 0 amide bonds. The average Bonchev–Trinajstić information content (AvgIpc) is 2.77. The van der Waals surface area contributed by atoms with Crippen LogP contribution in [-0.4, -0.2) is 13.2 Å². The predicted octanol–water partition coefficient (Wildman–Crippen LogP) is 7.13. The van der Waals surface area contributed by atoms with Gasteiger partial charge in [0.05, 0.1) is 13.2 Å². The van der Waals surface area contributed by atoms with E-state index in [0.29, 0.717) is 47.6 Å². The molecule has 2 nitrogen and oxygen atoms in total. The van der Waals surface area contributed by atoms with Crippen LogP contribution >= 0.6 is 0 Å². The Kier molecular flexibility index (Phi) is 6.68. The molecule has 0 unspecified atom stereocenters. The minimum atomic E-state index is -5.12. The maximum atomic E-state index is 15.1. The lowest BCUT2D eigenvalue weighted by atomic mass is 9.98. The van der Waals surface area contributed by atoms with Crippen LogP contribution in [0.2, 0.25) is 0 Å². The van der Waals surface area contributed by atoms with Gasteiger partial charge in [0, 0.05) is 16.9 Å². The SMILES string of the molecule is CCC1COC(c2ccc3c(F)c(CCc4cc(F)c(C(F)(F)F)c(F)c4)ccc3c2)OC1. The fraction of sp³-hybridized carbons (Fsp3) is 0.360. The van der Waals surface area contributed by atoms with Gasteiger partial charge >= 0.3 is 6.18 Å². The number of hydrogen-bond acceptors (Lipinski definition) is 2. The summed E-state index contributed by atoms with van der Waals surface area (Å²) in [6.45, 7) is 3.26. The molecular formula is C25H22F6O2. The molecule has 0 aromatic heterocycles. The van der Waals surface area contributed by atoms with E-state index in [4.69, 9.17) is 9.47 Å². The Morgan fingerprint density at radius 1 is 0.879 bits per heavy atom. The van der Waals surface area contributed by atoms with Crippen molar-refractivity contribution >= 4 is 10.8 Å². The first kappa shape index (κ1) is 23.6. The van der Waals surface area contributed by atoms with Crippen molar-refractivity contribution < 1.29 is 35.8 Å². The molecule has 0 saturated carbocycles. The predicted molar refractivity (Wildman–Crippen MR) is 111 cm³/mol. The molecule has 0 radical (unpaired) electrons. The Morgan fingerprint density at radius 2 is 1.55 bits per heavy atom. The van der Waals surface area contributed by atoms with Gasteiger partial charge in [-0.1, -0.05) is 31.2 Å². The van der Waals surface area contributed by atoms with E-state index in [-0.39, 0.29) is 18.4 Å². The highest BCUT2D eigenvalue weighted by Gasteiger charge is 2.37.